The van der Waals surface area contributed by atoms with Crippen LogP contribution in [0.2, 0.25) is 0 Å². The number of hydrogen-bond donors (Lipinski definition) is 1. The monoisotopic (exact) mass is 257 g/mol. The molecule has 1 rings (SSSR count). The second kappa shape index (κ2) is 7.43. The maximum absolute atomic E-state index is 6.17. The summed E-state index contributed by atoms with van der Waals surface area (Å²) >= 11 is 0. The van der Waals surface area contributed by atoms with Crippen LogP contribution in [-0.2, 0) is 4.74 Å². The topological polar surface area (TPSA) is 41.7 Å². The molecule has 0 bridgehead atoms. The third-order valence-electron chi connectivity index (χ3n) is 4.24. The molecule has 108 valence electrons. The van der Waals surface area contributed by atoms with Gasteiger partial charge in [-0.25, -0.2) is 0 Å². The molecule has 0 aromatic carbocycles. The van der Waals surface area contributed by atoms with Gasteiger partial charge in [-0.1, -0.05) is 0 Å². The summed E-state index contributed by atoms with van der Waals surface area (Å²) in [6, 6.07) is 0.0942. The Hall–Kier alpha value is -0.160. The molecule has 18 heavy (non-hydrogen) atoms. The van der Waals surface area contributed by atoms with Gasteiger partial charge in [0, 0.05) is 26.2 Å². The van der Waals surface area contributed by atoms with Crippen molar-refractivity contribution in [3.05, 3.63) is 0 Å². The SMILES string of the molecule is COC(C)(C)C(N)CCN(C)CCN1CCCC1. The van der Waals surface area contributed by atoms with Crippen LogP contribution in [0.5, 0.6) is 0 Å². The molecule has 2 N–H and O–H groups in total. The maximum Gasteiger partial charge on any atom is 0.0773 e. The van der Waals surface area contributed by atoms with E-state index in [0.29, 0.717) is 0 Å². The Labute approximate surface area is 112 Å². The van der Waals surface area contributed by atoms with Gasteiger partial charge in [0.1, 0.15) is 0 Å². The number of nitrogens with two attached hydrogens (primary N) is 1. The van der Waals surface area contributed by atoms with Crippen LogP contribution in [0, 0.1) is 0 Å². The normalized spacial score (nSPS) is 19.7. The van der Waals surface area contributed by atoms with E-state index in [4.69, 9.17) is 10.5 Å². The average Bonchev–Trinajstić information content (AvgIpc) is 2.86. The van der Waals surface area contributed by atoms with E-state index in [2.05, 4.69) is 30.7 Å². The molecule has 1 aliphatic rings. The van der Waals surface area contributed by atoms with Crippen LogP contribution < -0.4 is 5.73 Å². The molecule has 1 saturated heterocycles. The third kappa shape index (κ3) is 5.22. The number of nitrogens with zero attached hydrogens (tertiary/aromatic N) is 2. The minimum Gasteiger partial charge on any atom is -0.377 e. The summed E-state index contributed by atoms with van der Waals surface area (Å²) in [5.74, 6) is 0. The number of rotatable bonds is 8. The van der Waals surface area contributed by atoms with E-state index < -0.39 is 0 Å². The molecule has 1 fully saturated rings. The fourth-order valence-corrected chi connectivity index (χ4v) is 2.29. The Morgan fingerprint density at radius 3 is 2.44 bits per heavy atom. The highest BCUT2D eigenvalue weighted by molar-refractivity contribution is 4.83. The highest BCUT2D eigenvalue weighted by Gasteiger charge is 2.25. The van der Waals surface area contributed by atoms with Crippen molar-refractivity contribution in [3.8, 4) is 0 Å². The quantitative estimate of drug-likeness (QED) is 0.708. The lowest BCUT2D eigenvalue weighted by Crippen LogP contribution is -2.46. The van der Waals surface area contributed by atoms with E-state index in [9.17, 15) is 0 Å². The first kappa shape index (κ1) is 15.9. The lowest BCUT2D eigenvalue weighted by atomic mass is 9.96. The van der Waals surface area contributed by atoms with Crippen LogP contribution in [0.25, 0.3) is 0 Å². The van der Waals surface area contributed by atoms with Crippen LogP contribution in [-0.4, -0.2) is 68.3 Å². The van der Waals surface area contributed by atoms with Crippen LogP contribution >= 0.6 is 0 Å². The standard InChI is InChI=1S/C14H31N3O/c1-14(2,18-4)13(15)7-10-16(3)11-12-17-8-5-6-9-17/h13H,5-12,15H2,1-4H3. The largest absolute Gasteiger partial charge is 0.377 e. The van der Waals surface area contributed by atoms with E-state index in [-0.39, 0.29) is 11.6 Å². The van der Waals surface area contributed by atoms with Crippen LogP contribution in [0.4, 0.5) is 0 Å². The van der Waals surface area contributed by atoms with Gasteiger partial charge < -0.3 is 20.3 Å². The maximum atomic E-state index is 6.17. The summed E-state index contributed by atoms with van der Waals surface area (Å²) in [6.45, 7) is 10.1. The predicted molar refractivity (Wildman–Crippen MR) is 76.9 cm³/mol. The van der Waals surface area contributed by atoms with Crippen molar-refractivity contribution in [2.24, 2.45) is 5.73 Å². The minimum atomic E-state index is -0.226. The molecular weight excluding hydrogens is 226 g/mol. The van der Waals surface area contributed by atoms with Crippen molar-refractivity contribution in [2.75, 3.05) is 46.9 Å². The van der Waals surface area contributed by atoms with Gasteiger partial charge in [-0.05, 0) is 59.8 Å². The van der Waals surface area contributed by atoms with Crippen molar-refractivity contribution >= 4 is 0 Å². The molecule has 0 aliphatic carbocycles. The number of methoxy groups -OCH3 is 1. The van der Waals surface area contributed by atoms with Gasteiger partial charge in [0.15, 0.2) is 0 Å². The Kier molecular flexibility index (Phi) is 6.57. The zero-order valence-corrected chi connectivity index (χ0v) is 12.6. The van der Waals surface area contributed by atoms with Gasteiger partial charge in [-0.2, -0.15) is 0 Å². The lowest BCUT2D eigenvalue weighted by molar-refractivity contribution is -0.00330. The van der Waals surface area contributed by atoms with Gasteiger partial charge in [0.2, 0.25) is 0 Å². The number of likely N-dealkylation sites (tertiary alicyclic amines) is 1. The number of ether oxygens (including phenoxy) is 1. The van der Waals surface area contributed by atoms with E-state index >= 15 is 0 Å². The Morgan fingerprint density at radius 2 is 1.89 bits per heavy atom. The van der Waals surface area contributed by atoms with Crippen molar-refractivity contribution in [1.29, 1.82) is 0 Å². The predicted octanol–water partition coefficient (Wildman–Crippen LogP) is 1.16. The lowest BCUT2D eigenvalue weighted by Gasteiger charge is -2.31. The van der Waals surface area contributed by atoms with E-state index in [0.717, 1.165) is 19.5 Å². The summed E-state index contributed by atoms with van der Waals surface area (Å²) in [6.07, 6.45) is 3.73. The zero-order valence-electron chi connectivity index (χ0n) is 12.6. The van der Waals surface area contributed by atoms with Gasteiger partial charge in [0.25, 0.3) is 0 Å². The van der Waals surface area contributed by atoms with Crippen LogP contribution in [0.1, 0.15) is 33.1 Å². The van der Waals surface area contributed by atoms with Crippen molar-refractivity contribution in [3.63, 3.8) is 0 Å². The third-order valence-corrected chi connectivity index (χ3v) is 4.24. The van der Waals surface area contributed by atoms with Crippen LogP contribution in [0.15, 0.2) is 0 Å². The van der Waals surface area contributed by atoms with Crippen molar-refractivity contribution in [1.82, 2.24) is 9.80 Å². The van der Waals surface area contributed by atoms with E-state index in [1.807, 2.05) is 0 Å². The second-order valence-corrected chi connectivity index (χ2v) is 6.05. The molecule has 1 unspecified atom stereocenters. The molecule has 0 radical (unpaired) electrons. The van der Waals surface area contributed by atoms with Crippen LogP contribution in [0.3, 0.4) is 0 Å². The Bertz CT molecular complexity index is 227. The van der Waals surface area contributed by atoms with Gasteiger partial charge in [-0.15, -0.1) is 0 Å². The number of hydrogen-bond acceptors (Lipinski definition) is 4. The minimum absolute atomic E-state index is 0.0942. The molecule has 1 aliphatic heterocycles. The van der Waals surface area contributed by atoms with E-state index in [1.165, 1.54) is 32.5 Å². The summed E-state index contributed by atoms with van der Waals surface area (Å²) in [5.41, 5.74) is 5.94. The molecule has 0 aromatic rings. The Morgan fingerprint density at radius 1 is 1.28 bits per heavy atom. The average molecular weight is 257 g/mol. The smallest absolute Gasteiger partial charge is 0.0773 e. The summed E-state index contributed by atoms with van der Waals surface area (Å²) < 4.78 is 5.42. The summed E-state index contributed by atoms with van der Waals surface area (Å²) in [4.78, 5) is 4.93. The molecular formula is C14H31N3O. The highest BCUT2D eigenvalue weighted by Crippen LogP contribution is 2.14. The summed E-state index contributed by atoms with van der Waals surface area (Å²) in [7, 11) is 3.92. The van der Waals surface area contributed by atoms with Gasteiger partial charge >= 0.3 is 0 Å². The van der Waals surface area contributed by atoms with Crippen molar-refractivity contribution in [2.45, 2.75) is 44.8 Å². The zero-order chi connectivity index (χ0) is 13.6. The fraction of sp³-hybridized carbons (Fsp3) is 1.00. The molecule has 0 aromatic heterocycles. The highest BCUT2D eigenvalue weighted by atomic mass is 16.5. The Balaban J connectivity index is 2.14. The summed E-state index contributed by atoms with van der Waals surface area (Å²) in [5, 5.41) is 0. The molecule has 0 spiro atoms. The molecule has 0 amide bonds. The second-order valence-electron chi connectivity index (χ2n) is 6.05. The molecule has 4 heteroatoms. The number of likely N-dealkylation sites (N-methyl/N-ethyl adjacent to an activating group) is 1. The van der Waals surface area contributed by atoms with Crippen molar-refractivity contribution < 1.29 is 4.74 Å². The molecule has 1 heterocycles. The fourth-order valence-electron chi connectivity index (χ4n) is 2.29. The molecule has 0 saturated carbocycles. The van der Waals surface area contributed by atoms with Gasteiger partial charge in [0.05, 0.1) is 5.60 Å². The molecule has 1 atom stereocenters. The first-order valence-electron chi connectivity index (χ1n) is 7.17. The first-order valence-corrected chi connectivity index (χ1v) is 7.17. The van der Waals surface area contributed by atoms with E-state index in [1.54, 1.807) is 7.11 Å². The first-order chi connectivity index (χ1) is 8.45. The van der Waals surface area contributed by atoms with Gasteiger partial charge in [-0.3, -0.25) is 0 Å². The molecule has 4 nitrogen and oxygen atoms in total.